The molecule has 3 N–H and O–H groups in total. The molecule has 5 heteroatoms. The topological polar surface area (TPSA) is 64.4 Å². The van der Waals surface area contributed by atoms with Crippen molar-refractivity contribution in [1.29, 1.82) is 0 Å². The smallest absolute Gasteiger partial charge is 0.224 e. The normalized spacial score (nSPS) is 19.9. The molecule has 2 atom stereocenters. The lowest BCUT2D eigenvalue weighted by molar-refractivity contribution is -0.125. The van der Waals surface area contributed by atoms with E-state index >= 15 is 0 Å². The maximum Gasteiger partial charge on any atom is 0.224 e. The van der Waals surface area contributed by atoms with Crippen molar-refractivity contribution in [3.8, 4) is 0 Å². The highest BCUT2D eigenvalue weighted by Crippen LogP contribution is 2.19. The number of carbonyl (C=O) groups excluding carboxylic acids is 1. The maximum absolute atomic E-state index is 11.6. The lowest BCUT2D eigenvalue weighted by Crippen LogP contribution is -2.40. The molecule has 0 bridgehead atoms. The molecule has 0 aliphatic heterocycles. The molecule has 19 heavy (non-hydrogen) atoms. The highest BCUT2D eigenvalue weighted by atomic mass is 35.5. The fourth-order valence-corrected chi connectivity index (χ4v) is 2.21. The Kier molecular flexibility index (Phi) is 10.3. The van der Waals surface area contributed by atoms with Crippen LogP contribution < -0.4 is 11.1 Å². The lowest BCUT2D eigenvalue weighted by atomic mass is 10.0. The first kappa shape index (κ1) is 18.7. The molecule has 114 valence electrons. The number of hydrogen-bond donors (Lipinski definition) is 2. The van der Waals surface area contributed by atoms with Gasteiger partial charge in [-0.05, 0) is 19.8 Å². The largest absolute Gasteiger partial charge is 0.376 e. The second-order valence-electron chi connectivity index (χ2n) is 5.42. The van der Waals surface area contributed by atoms with Crippen molar-refractivity contribution in [2.45, 2.75) is 64.5 Å². The summed E-state index contributed by atoms with van der Waals surface area (Å²) in [4.78, 5) is 11.6. The van der Waals surface area contributed by atoms with Crippen LogP contribution in [0.3, 0.4) is 0 Å². The van der Waals surface area contributed by atoms with Gasteiger partial charge in [-0.15, -0.1) is 12.4 Å². The summed E-state index contributed by atoms with van der Waals surface area (Å²) in [5, 5.41) is 2.88. The highest BCUT2D eigenvalue weighted by Gasteiger charge is 2.16. The Morgan fingerprint density at radius 2 is 1.84 bits per heavy atom. The monoisotopic (exact) mass is 292 g/mol. The third kappa shape index (κ3) is 7.75. The molecule has 4 nitrogen and oxygen atoms in total. The number of ether oxygens (including phenoxy) is 1. The molecule has 0 radical (unpaired) electrons. The molecule has 1 rings (SSSR count). The molecular formula is C14H29ClN2O2. The predicted molar refractivity (Wildman–Crippen MR) is 80.5 cm³/mol. The summed E-state index contributed by atoms with van der Waals surface area (Å²) in [7, 11) is 0. The average molecular weight is 293 g/mol. The van der Waals surface area contributed by atoms with Gasteiger partial charge in [0.05, 0.1) is 12.7 Å². The molecule has 1 fully saturated rings. The number of carbonyl (C=O) groups is 1. The van der Waals surface area contributed by atoms with Crippen molar-refractivity contribution in [3.63, 3.8) is 0 Å². The fourth-order valence-electron chi connectivity index (χ4n) is 2.21. The summed E-state index contributed by atoms with van der Waals surface area (Å²) >= 11 is 0. The van der Waals surface area contributed by atoms with E-state index in [9.17, 15) is 4.79 Å². The Morgan fingerprint density at radius 1 is 1.26 bits per heavy atom. The molecule has 1 aliphatic rings. The van der Waals surface area contributed by atoms with E-state index in [1.807, 2.05) is 13.8 Å². The van der Waals surface area contributed by atoms with E-state index < -0.39 is 0 Å². The summed E-state index contributed by atoms with van der Waals surface area (Å²) < 4.78 is 5.81. The van der Waals surface area contributed by atoms with E-state index in [1.54, 1.807) is 0 Å². The van der Waals surface area contributed by atoms with E-state index in [1.165, 1.54) is 38.5 Å². The van der Waals surface area contributed by atoms with Gasteiger partial charge in [0, 0.05) is 18.5 Å². The van der Waals surface area contributed by atoms with Gasteiger partial charge in [-0.3, -0.25) is 4.79 Å². The van der Waals surface area contributed by atoms with Crippen molar-refractivity contribution < 1.29 is 9.53 Å². The summed E-state index contributed by atoms with van der Waals surface area (Å²) in [6.07, 6.45) is 7.96. The zero-order valence-corrected chi connectivity index (χ0v) is 13.0. The summed E-state index contributed by atoms with van der Waals surface area (Å²) in [6.45, 7) is 4.91. The van der Waals surface area contributed by atoms with Crippen LogP contribution in [0.15, 0.2) is 0 Å². The molecule has 0 aromatic rings. The van der Waals surface area contributed by atoms with Gasteiger partial charge in [0.25, 0.3) is 0 Å². The number of hydrogen-bond acceptors (Lipinski definition) is 3. The molecule has 0 aromatic carbocycles. The summed E-state index contributed by atoms with van der Waals surface area (Å²) in [6, 6.07) is -0.104. The van der Waals surface area contributed by atoms with E-state index in [2.05, 4.69) is 5.32 Å². The second kappa shape index (κ2) is 10.5. The lowest BCUT2D eigenvalue weighted by Gasteiger charge is -2.17. The Labute approximate surface area is 123 Å². The minimum Gasteiger partial charge on any atom is -0.376 e. The van der Waals surface area contributed by atoms with E-state index in [0.717, 1.165) is 0 Å². The van der Waals surface area contributed by atoms with Crippen LogP contribution in [-0.4, -0.2) is 31.2 Å². The first-order valence-corrected chi connectivity index (χ1v) is 7.26. The standard InChI is InChI=1S/C14H28N2O2.ClH/c1-11(12(2)15)14(17)16-9-10-18-13-7-5-3-4-6-8-13;/h11-13H,3-10,15H2,1-2H3,(H,16,17);1H. The second-order valence-corrected chi connectivity index (χ2v) is 5.42. The van der Waals surface area contributed by atoms with Crippen molar-refractivity contribution in [2.75, 3.05) is 13.2 Å². The minimum absolute atomic E-state index is 0. The first-order chi connectivity index (χ1) is 8.61. The fraction of sp³-hybridized carbons (Fsp3) is 0.929. The van der Waals surface area contributed by atoms with Gasteiger partial charge in [0.2, 0.25) is 5.91 Å². The molecule has 1 saturated carbocycles. The van der Waals surface area contributed by atoms with Gasteiger partial charge in [-0.1, -0.05) is 32.6 Å². The quantitative estimate of drug-likeness (QED) is 0.583. The van der Waals surface area contributed by atoms with Crippen LogP contribution in [0.5, 0.6) is 0 Å². The summed E-state index contributed by atoms with van der Waals surface area (Å²) in [5.41, 5.74) is 5.68. The minimum atomic E-state index is -0.136. The average Bonchev–Trinajstić information content (AvgIpc) is 2.61. The van der Waals surface area contributed by atoms with Gasteiger partial charge in [0.1, 0.15) is 0 Å². The van der Waals surface area contributed by atoms with Crippen LogP contribution in [0.25, 0.3) is 0 Å². The molecule has 0 aromatic heterocycles. The van der Waals surface area contributed by atoms with Crippen LogP contribution in [0.4, 0.5) is 0 Å². The zero-order valence-electron chi connectivity index (χ0n) is 12.2. The number of halogens is 1. The van der Waals surface area contributed by atoms with Crippen LogP contribution in [0, 0.1) is 5.92 Å². The van der Waals surface area contributed by atoms with Crippen LogP contribution in [-0.2, 0) is 9.53 Å². The Bertz CT molecular complexity index is 242. The third-order valence-electron chi connectivity index (χ3n) is 3.76. The Hall–Kier alpha value is -0.320. The van der Waals surface area contributed by atoms with Crippen LogP contribution >= 0.6 is 12.4 Å². The molecule has 0 saturated heterocycles. The van der Waals surface area contributed by atoms with Crippen molar-refractivity contribution in [1.82, 2.24) is 5.32 Å². The molecule has 1 aliphatic carbocycles. The van der Waals surface area contributed by atoms with E-state index in [4.69, 9.17) is 10.5 Å². The Balaban J connectivity index is 0.00000324. The van der Waals surface area contributed by atoms with Gasteiger partial charge >= 0.3 is 0 Å². The van der Waals surface area contributed by atoms with Crippen molar-refractivity contribution >= 4 is 18.3 Å². The van der Waals surface area contributed by atoms with Crippen LogP contribution in [0.2, 0.25) is 0 Å². The van der Waals surface area contributed by atoms with E-state index in [0.29, 0.717) is 19.3 Å². The van der Waals surface area contributed by atoms with Gasteiger partial charge in [-0.2, -0.15) is 0 Å². The third-order valence-corrected chi connectivity index (χ3v) is 3.76. The van der Waals surface area contributed by atoms with Crippen molar-refractivity contribution in [3.05, 3.63) is 0 Å². The molecule has 0 heterocycles. The molecule has 1 amide bonds. The molecule has 0 spiro atoms. The van der Waals surface area contributed by atoms with E-state index in [-0.39, 0.29) is 30.3 Å². The number of nitrogens with two attached hydrogens (primary N) is 1. The zero-order chi connectivity index (χ0) is 13.4. The number of nitrogens with one attached hydrogen (secondary N) is 1. The maximum atomic E-state index is 11.6. The Morgan fingerprint density at radius 3 is 2.37 bits per heavy atom. The van der Waals surface area contributed by atoms with Crippen molar-refractivity contribution in [2.24, 2.45) is 11.7 Å². The van der Waals surface area contributed by atoms with Gasteiger partial charge in [0.15, 0.2) is 0 Å². The highest BCUT2D eigenvalue weighted by molar-refractivity contribution is 5.85. The summed E-state index contributed by atoms with van der Waals surface area (Å²) in [5.74, 6) is -0.114. The SMILES string of the molecule is CC(N)C(C)C(=O)NCCOC1CCCCCC1.Cl. The molecule has 2 unspecified atom stereocenters. The number of rotatable bonds is 6. The molecular weight excluding hydrogens is 264 g/mol. The van der Waals surface area contributed by atoms with Crippen LogP contribution in [0.1, 0.15) is 52.4 Å². The predicted octanol–water partition coefficient (Wildman–Crippen LogP) is 2.25. The van der Waals surface area contributed by atoms with Gasteiger partial charge in [-0.25, -0.2) is 0 Å². The number of amides is 1. The first-order valence-electron chi connectivity index (χ1n) is 7.26. The van der Waals surface area contributed by atoms with Gasteiger partial charge < -0.3 is 15.8 Å².